The highest BCUT2D eigenvalue weighted by atomic mass is 32.2. The van der Waals surface area contributed by atoms with Gasteiger partial charge in [-0.15, -0.1) is 0 Å². The number of sulfonamides is 1. The van der Waals surface area contributed by atoms with Crippen LogP contribution >= 0.6 is 0 Å². The molecule has 6 heteroatoms. The lowest BCUT2D eigenvalue weighted by Gasteiger charge is -2.30. The highest BCUT2D eigenvalue weighted by Crippen LogP contribution is 2.39. The molecule has 0 aromatic heterocycles. The second-order valence-electron chi connectivity index (χ2n) is 5.88. The molecule has 0 amide bonds. The van der Waals surface area contributed by atoms with Crippen molar-refractivity contribution in [2.45, 2.75) is 38.1 Å². The van der Waals surface area contributed by atoms with Crippen molar-refractivity contribution in [1.82, 2.24) is 4.72 Å². The molecule has 1 aliphatic heterocycles. The van der Waals surface area contributed by atoms with Gasteiger partial charge in [-0.3, -0.25) is 0 Å². The average Bonchev–Trinajstić information content (AvgIpc) is 2.92. The molecule has 1 heterocycles. The Labute approximate surface area is 125 Å². The fourth-order valence-electron chi connectivity index (χ4n) is 3.24. The first kappa shape index (κ1) is 14.7. The van der Waals surface area contributed by atoms with E-state index in [1.807, 2.05) is 18.2 Å². The number of hydrogen-bond donors (Lipinski definition) is 1. The Morgan fingerprint density at radius 3 is 2.57 bits per heavy atom. The zero-order valence-electron chi connectivity index (χ0n) is 12.2. The first-order valence-corrected chi connectivity index (χ1v) is 9.29. The van der Waals surface area contributed by atoms with Crippen molar-refractivity contribution in [3.8, 4) is 11.5 Å². The van der Waals surface area contributed by atoms with Gasteiger partial charge in [0, 0.05) is 6.04 Å². The predicted octanol–water partition coefficient (Wildman–Crippen LogP) is 2.59. The summed E-state index contributed by atoms with van der Waals surface area (Å²) in [7, 11) is -3.26. The van der Waals surface area contributed by atoms with Gasteiger partial charge in [0.1, 0.15) is 0 Å². The van der Waals surface area contributed by atoms with Gasteiger partial charge in [-0.05, 0) is 36.5 Å². The molecular weight excluding hydrogens is 290 g/mol. The molecule has 1 aromatic rings. The molecular formula is C15H21NO4S. The maximum Gasteiger partial charge on any atom is 0.231 e. The molecule has 1 N–H and O–H groups in total. The molecule has 5 nitrogen and oxygen atoms in total. The van der Waals surface area contributed by atoms with Gasteiger partial charge in [0.25, 0.3) is 0 Å². The third kappa shape index (κ3) is 3.49. The number of ether oxygens (including phenoxy) is 2. The Hall–Kier alpha value is -1.27. The van der Waals surface area contributed by atoms with Crippen molar-refractivity contribution in [2.75, 3.05) is 13.0 Å². The third-order valence-electron chi connectivity index (χ3n) is 4.22. The van der Waals surface area contributed by atoms with Crippen LogP contribution in [0.15, 0.2) is 18.2 Å². The SMILES string of the molecule is CS(=O)(=O)NC(c1ccc2c(c1)OCO2)C1CCCCC1. The molecule has 0 spiro atoms. The molecule has 0 bridgehead atoms. The Balaban J connectivity index is 1.90. The molecule has 2 aliphatic rings. The first-order valence-electron chi connectivity index (χ1n) is 7.40. The fraction of sp³-hybridized carbons (Fsp3) is 0.600. The molecule has 116 valence electrons. The molecule has 1 aromatic carbocycles. The van der Waals surface area contributed by atoms with Crippen molar-refractivity contribution in [3.05, 3.63) is 23.8 Å². The summed E-state index contributed by atoms with van der Waals surface area (Å²) in [5.74, 6) is 1.76. The average molecular weight is 311 g/mol. The van der Waals surface area contributed by atoms with E-state index in [-0.39, 0.29) is 12.8 Å². The lowest BCUT2D eigenvalue weighted by molar-refractivity contribution is 0.174. The minimum Gasteiger partial charge on any atom is -0.454 e. The summed E-state index contributed by atoms with van der Waals surface area (Å²) in [5, 5.41) is 0. The van der Waals surface area contributed by atoms with E-state index in [9.17, 15) is 8.42 Å². The maximum absolute atomic E-state index is 11.7. The number of benzene rings is 1. The van der Waals surface area contributed by atoms with Crippen molar-refractivity contribution >= 4 is 10.0 Å². The van der Waals surface area contributed by atoms with Crippen LogP contribution in [0.2, 0.25) is 0 Å². The van der Waals surface area contributed by atoms with E-state index in [0.29, 0.717) is 11.7 Å². The molecule has 3 rings (SSSR count). The molecule has 1 saturated carbocycles. The predicted molar refractivity (Wildman–Crippen MR) is 79.9 cm³/mol. The van der Waals surface area contributed by atoms with E-state index >= 15 is 0 Å². The number of rotatable bonds is 4. The standard InChI is InChI=1S/C15H21NO4S/c1-21(17,18)16-15(11-5-3-2-4-6-11)12-7-8-13-14(9-12)20-10-19-13/h7-9,11,15-16H,2-6,10H2,1H3. The van der Waals surface area contributed by atoms with E-state index < -0.39 is 10.0 Å². The summed E-state index contributed by atoms with van der Waals surface area (Å²) < 4.78 is 37.0. The van der Waals surface area contributed by atoms with Crippen LogP contribution in [0, 0.1) is 5.92 Å². The summed E-state index contributed by atoms with van der Waals surface area (Å²) in [5.41, 5.74) is 0.955. The van der Waals surface area contributed by atoms with Gasteiger partial charge in [0.2, 0.25) is 16.8 Å². The number of nitrogens with one attached hydrogen (secondary N) is 1. The highest BCUT2D eigenvalue weighted by Gasteiger charge is 2.28. The summed E-state index contributed by atoms with van der Waals surface area (Å²) in [6.07, 6.45) is 6.90. The van der Waals surface area contributed by atoms with Crippen molar-refractivity contribution in [1.29, 1.82) is 0 Å². The second kappa shape index (κ2) is 5.85. The quantitative estimate of drug-likeness (QED) is 0.928. The monoisotopic (exact) mass is 311 g/mol. The molecule has 1 unspecified atom stereocenters. The van der Waals surface area contributed by atoms with E-state index in [1.54, 1.807) is 0 Å². The zero-order chi connectivity index (χ0) is 14.9. The highest BCUT2D eigenvalue weighted by molar-refractivity contribution is 7.88. The van der Waals surface area contributed by atoms with Crippen LogP contribution in [0.4, 0.5) is 0 Å². The van der Waals surface area contributed by atoms with Crippen LogP contribution in [0.1, 0.15) is 43.7 Å². The third-order valence-corrected chi connectivity index (χ3v) is 4.90. The van der Waals surface area contributed by atoms with Gasteiger partial charge in [-0.1, -0.05) is 25.3 Å². The molecule has 0 radical (unpaired) electrons. The van der Waals surface area contributed by atoms with Crippen molar-refractivity contribution < 1.29 is 17.9 Å². The smallest absolute Gasteiger partial charge is 0.231 e. The van der Waals surface area contributed by atoms with E-state index in [0.717, 1.165) is 37.0 Å². The topological polar surface area (TPSA) is 64.6 Å². The van der Waals surface area contributed by atoms with E-state index in [2.05, 4.69) is 4.72 Å². The molecule has 1 fully saturated rings. The van der Waals surface area contributed by atoms with Crippen molar-refractivity contribution in [3.63, 3.8) is 0 Å². The molecule has 1 aliphatic carbocycles. The van der Waals surface area contributed by atoms with Gasteiger partial charge in [-0.2, -0.15) is 0 Å². The molecule has 1 atom stereocenters. The lowest BCUT2D eigenvalue weighted by atomic mass is 9.81. The normalized spacial score (nSPS) is 20.4. The zero-order valence-corrected chi connectivity index (χ0v) is 13.0. The van der Waals surface area contributed by atoms with E-state index in [1.165, 1.54) is 12.7 Å². The Morgan fingerprint density at radius 2 is 1.86 bits per heavy atom. The fourth-order valence-corrected chi connectivity index (χ4v) is 4.03. The summed E-state index contributed by atoms with van der Waals surface area (Å²) in [4.78, 5) is 0. The number of fused-ring (bicyclic) bond motifs is 1. The number of hydrogen-bond acceptors (Lipinski definition) is 4. The first-order chi connectivity index (χ1) is 10.0. The van der Waals surface area contributed by atoms with Crippen LogP contribution < -0.4 is 14.2 Å². The van der Waals surface area contributed by atoms with Crippen LogP contribution in [0.3, 0.4) is 0 Å². The van der Waals surface area contributed by atoms with Crippen LogP contribution in [-0.2, 0) is 10.0 Å². The molecule has 0 saturated heterocycles. The Bertz CT molecular complexity index is 608. The van der Waals surface area contributed by atoms with E-state index in [4.69, 9.17) is 9.47 Å². The minimum atomic E-state index is -3.26. The van der Waals surface area contributed by atoms with Crippen molar-refractivity contribution in [2.24, 2.45) is 5.92 Å². The van der Waals surface area contributed by atoms with Gasteiger partial charge < -0.3 is 9.47 Å². The van der Waals surface area contributed by atoms with Gasteiger partial charge in [-0.25, -0.2) is 13.1 Å². The van der Waals surface area contributed by atoms with Gasteiger partial charge in [0.15, 0.2) is 11.5 Å². The minimum absolute atomic E-state index is 0.185. The summed E-state index contributed by atoms with van der Waals surface area (Å²) in [6, 6.07) is 5.51. The van der Waals surface area contributed by atoms with Gasteiger partial charge in [0.05, 0.1) is 6.26 Å². The van der Waals surface area contributed by atoms with Gasteiger partial charge >= 0.3 is 0 Å². The Kier molecular flexibility index (Phi) is 4.08. The lowest BCUT2D eigenvalue weighted by Crippen LogP contribution is -2.33. The molecule has 21 heavy (non-hydrogen) atoms. The second-order valence-corrected chi connectivity index (χ2v) is 7.66. The van der Waals surface area contributed by atoms with Crippen LogP contribution in [0.5, 0.6) is 11.5 Å². The van der Waals surface area contributed by atoms with Crippen LogP contribution in [-0.4, -0.2) is 21.5 Å². The maximum atomic E-state index is 11.7. The Morgan fingerprint density at radius 1 is 1.14 bits per heavy atom. The van der Waals surface area contributed by atoms with Crippen LogP contribution in [0.25, 0.3) is 0 Å². The largest absolute Gasteiger partial charge is 0.454 e. The summed E-state index contributed by atoms with van der Waals surface area (Å²) in [6.45, 7) is 0.229. The summed E-state index contributed by atoms with van der Waals surface area (Å²) >= 11 is 0.